The van der Waals surface area contributed by atoms with Crippen LogP contribution >= 0.6 is 0 Å². The molecule has 0 saturated carbocycles. The minimum Gasteiger partial charge on any atom is -0.317 e. The third-order valence-corrected chi connectivity index (χ3v) is 0.854. The molecule has 0 unspecified atom stereocenters. The molecule has 0 spiro atoms. The van der Waals surface area contributed by atoms with Gasteiger partial charge in [-0.15, -0.1) is 0 Å². The third-order valence-electron chi connectivity index (χ3n) is 0.854. The molecule has 0 saturated heterocycles. The van der Waals surface area contributed by atoms with Crippen LogP contribution in [0.15, 0.2) is 0 Å². The van der Waals surface area contributed by atoms with Crippen LogP contribution in [0.25, 0.3) is 0 Å². The van der Waals surface area contributed by atoms with E-state index in [0.717, 1.165) is 0 Å². The van der Waals surface area contributed by atoms with Crippen molar-refractivity contribution in [1.29, 1.82) is 0 Å². The standard InChI is InChI=1S/C6H15N.Nb/c1-3-5-7-6-4-2;/h7H,3-6H2,1-2H3;. The van der Waals surface area contributed by atoms with Gasteiger partial charge in [0.05, 0.1) is 0 Å². The van der Waals surface area contributed by atoms with Gasteiger partial charge in [-0.25, -0.2) is 0 Å². The van der Waals surface area contributed by atoms with Crippen LogP contribution in [0, 0.1) is 0 Å². The summed E-state index contributed by atoms with van der Waals surface area (Å²) < 4.78 is 0. The van der Waals surface area contributed by atoms with Gasteiger partial charge in [-0.05, 0) is 25.9 Å². The van der Waals surface area contributed by atoms with Crippen molar-refractivity contribution in [3.63, 3.8) is 0 Å². The van der Waals surface area contributed by atoms with Crippen LogP contribution in [-0.4, -0.2) is 13.1 Å². The second kappa shape index (κ2) is 10.6. The fourth-order valence-electron chi connectivity index (χ4n) is 0.479. The Kier molecular flexibility index (Phi) is 15.3. The van der Waals surface area contributed by atoms with Crippen LogP contribution < -0.4 is 5.32 Å². The van der Waals surface area contributed by atoms with Crippen molar-refractivity contribution in [3.8, 4) is 0 Å². The SMILES string of the molecule is CCCNCCC.[Nb]. The molecule has 0 rings (SSSR count). The minimum absolute atomic E-state index is 0. The molecule has 49 valence electrons. The van der Waals surface area contributed by atoms with Gasteiger partial charge < -0.3 is 5.32 Å². The van der Waals surface area contributed by atoms with E-state index in [1.807, 2.05) is 0 Å². The molecule has 0 aromatic heterocycles. The van der Waals surface area contributed by atoms with E-state index in [2.05, 4.69) is 19.2 Å². The Balaban J connectivity index is 0. The first-order valence-corrected chi connectivity index (χ1v) is 3.12. The fraction of sp³-hybridized carbons (Fsp3) is 1.00. The molecule has 0 aromatic rings. The molecule has 2 heteroatoms. The molecule has 1 radical (unpaired) electrons. The number of hydrogen-bond donors (Lipinski definition) is 1. The topological polar surface area (TPSA) is 12.0 Å². The first-order chi connectivity index (χ1) is 3.41. The Morgan fingerprint density at radius 1 is 1.00 bits per heavy atom. The van der Waals surface area contributed by atoms with Gasteiger partial charge in [-0.1, -0.05) is 13.8 Å². The Labute approximate surface area is 67.7 Å². The first kappa shape index (κ1) is 11.5. The molecular weight excluding hydrogens is 179 g/mol. The predicted octanol–water partition coefficient (Wildman–Crippen LogP) is 1.39. The van der Waals surface area contributed by atoms with Gasteiger partial charge in [0.25, 0.3) is 0 Å². The van der Waals surface area contributed by atoms with E-state index >= 15 is 0 Å². The zero-order chi connectivity index (χ0) is 5.54. The molecule has 8 heavy (non-hydrogen) atoms. The van der Waals surface area contributed by atoms with Crippen LogP contribution in [0.2, 0.25) is 0 Å². The molecule has 0 aromatic carbocycles. The maximum absolute atomic E-state index is 3.28. The summed E-state index contributed by atoms with van der Waals surface area (Å²) in [6.07, 6.45) is 2.50. The van der Waals surface area contributed by atoms with Crippen molar-refractivity contribution in [2.24, 2.45) is 0 Å². The summed E-state index contributed by atoms with van der Waals surface area (Å²) in [6.45, 7) is 6.72. The molecule has 1 N–H and O–H groups in total. The molecule has 0 aliphatic carbocycles. The molecule has 0 fully saturated rings. The van der Waals surface area contributed by atoms with Gasteiger partial charge in [0, 0.05) is 22.4 Å². The van der Waals surface area contributed by atoms with Crippen LogP contribution in [0.5, 0.6) is 0 Å². The van der Waals surface area contributed by atoms with E-state index < -0.39 is 0 Å². The third kappa shape index (κ3) is 9.85. The number of rotatable bonds is 4. The summed E-state index contributed by atoms with van der Waals surface area (Å²) in [5, 5.41) is 3.28. The van der Waals surface area contributed by atoms with Crippen LogP contribution in [-0.2, 0) is 22.4 Å². The van der Waals surface area contributed by atoms with Crippen LogP contribution in [0.3, 0.4) is 0 Å². The summed E-state index contributed by atoms with van der Waals surface area (Å²) >= 11 is 0. The van der Waals surface area contributed by atoms with Crippen LogP contribution in [0.1, 0.15) is 26.7 Å². The summed E-state index contributed by atoms with van der Waals surface area (Å²) in [6, 6.07) is 0. The van der Waals surface area contributed by atoms with Gasteiger partial charge in [0.15, 0.2) is 0 Å². The van der Waals surface area contributed by atoms with E-state index in [1.54, 1.807) is 0 Å². The zero-order valence-electron chi connectivity index (χ0n) is 5.78. The van der Waals surface area contributed by atoms with Crippen molar-refractivity contribution in [3.05, 3.63) is 0 Å². The maximum atomic E-state index is 3.28. The second-order valence-corrected chi connectivity index (χ2v) is 1.75. The molecule has 1 nitrogen and oxygen atoms in total. The van der Waals surface area contributed by atoms with Gasteiger partial charge in [0.2, 0.25) is 0 Å². The van der Waals surface area contributed by atoms with Crippen molar-refractivity contribution >= 4 is 0 Å². The van der Waals surface area contributed by atoms with Crippen molar-refractivity contribution in [2.75, 3.05) is 13.1 Å². The van der Waals surface area contributed by atoms with Gasteiger partial charge >= 0.3 is 0 Å². The molecule has 0 aliphatic rings. The Bertz CT molecular complexity index is 27.7. The second-order valence-electron chi connectivity index (χ2n) is 1.75. The van der Waals surface area contributed by atoms with Gasteiger partial charge in [-0.2, -0.15) is 0 Å². The van der Waals surface area contributed by atoms with Gasteiger partial charge in [-0.3, -0.25) is 0 Å². The Hall–Kier alpha value is 0.700. The number of nitrogens with one attached hydrogen (secondary N) is 1. The fourth-order valence-corrected chi connectivity index (χ4v) is 0.479. The molecule has 0 heterocycles. The smallest absolute Gasteiger partial charge is 0 e. The van der Waals surface area contributed by atoms with E-state index in [1.165, 1.54) is 25.9 Å². The molecule has 0 atom stereocenters. The van der Waals surface area contributed by atoms with E-state index in [9.17, 15) is 0 Å². The van der Waals surface area contributed by atoms with Crippen molar-refractivity contribution < 1.29 is 22.4 Å². The van der Waals surface area contributed by atoms with Crippen molar-refractivity contribution in [1.82, 2.24) is 5.32 Å². The molecule has 0 aliphatic heterocycles. The van der Waals surface area contributed by atoms with Crippen LogP contribution in [0.4, 0.5) is 0 Å². The summed E-state index contributed by atoms with van der Waals surface area (Å²) in [7, 11) is 0. The van der Waals surface area contributed by atoms with E-state index in [0.29, 0.717) is 0 Å². The van der Waals surface area contributed by atoms with E-state index in [-0.39, 0.29) is 22.4 Å². The Morgan fingerprint density at radius 3 is 1.62 bits per heavy atom. The van der Waals surface area contributed by atoms with E-state index in [4.69, 9.17) is 0 Å². The number of hydrogen-bond acceptors (Lipinski definition) is 1. The maximum Gasteiger partial charge on any atom is 0 e. The average Bonchev–Trinajstić information content (AvgIpc) is 1.69. The molecule has 0 amide bonds. The molecule has 0 bridgehead atoms. The average molecular weight is 194 g/mol. The van der Waals surface area contributed by atoms with Crippen molar-refractivity contribution in [2.45, 2.75) is 26.7 Å². The summed E-state index contributed by atoms with van der Waals surface area (Å²) in [5.74, 6) is 0. The minimum atomic E-state index is 0. The predicted molar refractivity (Wildman–Crippen MR) is 33.5 cm³/mol. The normalized spacial score (nSPS) is 8.25. The zero-order valence-corrected chi connectivity index (χ0v) is 7.97. The Morgan fingerprint density at radius 2 is 1.38 bits per heavy atom. The largest absolute Gasteiger partial charge is 0.317 e. The summed E-state index contributed by atoms with van der Waals surface area (Å²) in [5.41, 5.74) is 0. The quantitative estimate of drug-likeness (QED) is 0.526. The summed E-state index contributed by atoms with van der Waals surface area (Å²) in [4.78, 5) is 0. The molecular formula is C6H15NNb. The first-order valence-electron chi connectivity index (χ1n) is 3.12. The monoisotopic (exact) mass is 194 g/mol. The van der Waals surface area contributed by atoms with Gasteiger partial charge in [0.1, 0.15) is 0 Å².